The van der Waals surface area contributed by atoms with Crippen molar-refractivity contribution in [1.29, 1.82) is 0 Å². The number of benzene rings is 1. The third-order valence-corrected chi connectivity index (χ3v) is 2.70. The van der Waals surface area contributed by atoms with Crippen LogP contribution in [-0.2, 0) is 9.53 Å². The zero-order chi connectivity index (χ0) is 14.4. The van der Waals surface area contributed by atoms with E-state index in [0.29, 0.717) is 12.3 Å². The molecule has 0 amide bonds. The number of carboxylic acid groups (broad SMARTS) is 1. The van der Waals surface area contributed by atoms with Gasteiger partial charge in [-0.2, -0.15) is 0 Å². The molecule has 1 rings (SSSR count). The maximum absolute atomic E-state index is 10.5. The first-order valence-corrected chi connectivity index (χ1v) is 6.29. The van der Waals surface area contributed by atoms with Gasteiger partial charge in [0.2, 0.25) is 0 Å². The summed E-state index contributed by atoms with van der Waals surface area (Å²) in [7, 11) is 0. The summed E-state index contributed by atoms with van der Waals surface area (Å²) < 4.78 is 5.24. The lowest BCUT2D eigenvalue weighted by Gasteiger charge is -2.07. The lowest BCUT2D eigenvalue weighted by molar-refractivity contribution is -0.136. The summed E-state index contributed by atoms with van der Waals surface area (Å²) in [6.07, 6.45) is 0.0810. The van der Waals surface area contributed by atoms with Gasteiger partial charge in [-0.25, -0.2) is 4.99 Å². The number of aliphatic carboxylic acids is 1. The van der Waals surface area contributed by atoms with Gasteiger partial charge in [0.1, 0.15) is 0 Å². The van der Waals surface area contributed by atoms with Crippen molar-refractivity contribution in [1.82, 2.24) is 0 Å². The minimum absolute atomic E-state index is 0.0698. The van der Waals surface area contributed by atoms with Gasteiger partial charge >= 0.3 is 5.97 Å². The molecule has 1 aromatic carbocycles. The normalized spacial score (nSPS) is 11.4. The van der Waals surface area contributed by atoms with Crippen LogP contribution in [0.5, 0.6) is 5.75 Å². The van der Waals surface area contributed by atoms with Crippen LogP contribution in [0.1, 0.15) is 19.8 Å². The Bertz CT molecular complexity index is 479. The lowest BCUT2D eigenvalue weighted by Crippen LogP contribution is -2.07. The fraction of sp³-hybridized carbons (Fsp3) is 0.333. The maximum atomic E-state index is 10.5. The van der Waals surface area contributed by atoms with Crippen molar-refractivity contribution in [3.8, 4) is 5.75 Å². The van der Waals surface area contributed by atoms with E-state index in [1.165, 1.54) is 12.1 Å². The number of carboxylic acids is 1. The topological polar surface area (TPSA) is 79.1 Å². The molecule has 0 heterocycles. The van der Waals surface area contributed by atoms with Crippen LogP contribution in [0.25, 0.3) is 0 Å². The van der Waals surface area contributed by atoms with Crippen molar-refractivity contribution < 1.29 is 19.7 Å². The largest absolute Gasteiger partial charge is 0.505 e. The summed E-state index contributed by atoms with van der Waals surface area (Å²) in [5, 5.41) is 18.2. The minimum Gasteiger partial charge on any atom is -0.505 e. The average molecular weight is 306 g/mol. The van der Waals surface area contributed by atoms with E-state index in [1.807, 2.05) is 0 Å². The van der Waals surface area contributed by atoms with E-state index in [9.17, 15) is 9.90 Å². The molecule has 0 saturated heterocycles. The van der Waals surface area contributed by atoms with Gasteiger partial charge in [-0.1, -0.05) is 23.2 Å². The van der Waals surface area contributed by atoms with Crippen molar-refractivity contribution in [3.05, 3.63) is 22.2 Å². The minimum atomic E-state index is -0.936. The zero-order valence-corrected chi connectivity index (χ0v) is 11.7. The predicted octanol–water partition coefficient (Wildman–Crippen LogP) is 3.63. The van der Waals surface area contributed by atoms with Gasteiger partial charge in [-0.15, -0.1) is 0 Å². The smallest absolute Gasteiger partial charge is 0.303 e. The Kier molecular flexibility index (Phi) is 5.92. The lowest BCUT2D eigenvalue weighted by atomic mass is 10.3. The second-order valence-electron chi connectivity index (χ2n) is 3.59. The van der Waals surface area contributed by atoms with Gasteiger partial charge in [0.05, 0.1) is 28.8 Å². The highest BCUT2D eigenvalue weighted by Gasteiger charge is 2.09. The predicted molar refractivity (Wildman–Crippen MR) is 73.7 cm³/mol. The van der Waals surface area contributed by atoms with Crippen LogP contribution in [0.4, 0.5) is 5.69 Å². The Morgan fingerprint density at radius 2 is 1.89 bits per heavy atom. The van der Waals surface area contributed by atoms with Crippen LogP contribution in [0.2, 0.25) is 10.0 Å². The first kappa shape index (κ1) is 15.6. The zero-order valence-electron chi connectivity index (χ0n) is 10.2. The summed E-state index contributed by atoms with van der Waals surface area (Å²) >= 11 is 11.5. The number of ether oxygens (including phenoxy) is 1. The molecule has 7 heteroatoms. The van der Waals surface area contributed by atoms with Gasteiger partial charge in [0.15, 0.2) is 11.6 Å². The molecule has 0 aromatic heterocycles. The monoisotopic (exact) mass is 305 g/mol. The van der Waals surface area contributed by atoms with Crippen LogP contribution < -0.4 is 0 Å². The fourth-order valence-corrected chi connectivity index (χ4v) is 1.78. The molecular weight excluding hydrogens is 293 g/mol. The van der Waals surface area contributed by atoms with Gasteiger partial charge in [0, 0.05) is 6.42 Å². The number of rotatable bonds is 5. The van der Waals surface area contributed by atoms with Crippen molar-refractivity contribution in [3.63, 3.8) is 0 Å². The summed E-state index contributed by atoms with van der Waals surface area (Å²) in [6, 6.07) is 2.84. The number of hydrogen-bond acceptors (Lipinski definition) is 4. The van der Waals surface area contributed by atoms with Gasteiger partial charge in [0.25, 0.3) is 0 Å². The Morgan fingerprint density at radius 1 is 1.32 bits per heavy atom. The van der Waals surface area contributed by atoms with E-state index in [1.54, 1.807) is 6.92 Å². The standard InChI is InChI=1S/C12H13Cl2NO4/c1-2-19-10(3-4-11(16)17)15-7-5-8(13)12(18)9(14)6-7/h5-6,18H,2-4H2,1H3,(H,16,17). The Balaban J connectivity index is 2.97. The van der Waals surface area contributed by atoms with Crippen LogP contribution in [0.15, 0.2) is 17.1 Å². The number of hydrogen-bond donors (Lipinski definition) is 2. The molecule has 5 nitrogen and oxygen atoms in total. The van der Waals surface area contributed by atoms with Crippen molar-refractivity contribution >= 4 is 40.8 Å². The summed E-state index contributed by atoms with van der Waals surface area (Å²) in [6.45, 7) is 2.14. The molecule has 0 spiro atoms. The summed E-state index contributed by atoms with van der Waals surface area (Å²) in [5.41, 5.74) is 0.390. The Morgan fingerprint density at radius 3 is 2.37 bits per heavy atom. The average Bonchev–Trinajstić information content (AvgIpc) is 2.33. The third kappa shape index (κ3) is 4.96. The van der Waals surface area contributed by atoms with E-state index >= 15 is 0 Å². The first-order chi connectivity index (χ1) is 8.93. The number of nitrogens with zero attached hydrogens (tertiary/aromatic N) is 1. The van der Waals surface area contributed by atoms with E-state index in [2.05, 4.69) is 4.99 Å². The fourth-order valence-electron chi connectivity index (χ4n) is 1.30. The molecular formula is C12H13Cl2NO4. The molecule has 0 radical (unpaired) electrons. The molecule has 0 bridgehead atoms. The number of aromatic hydroxyl groups is 1. The highest BCUT2D eigenvalue weighted by Crippen LogP contribution is 2.35. The number of carbonyl (C=O) groups is 1. The second-order valence-corrected chi connectivity index (χ2v) is 4.40. The SMILES string of the molecule is CCOC(CCC(=O)O)=Nc1cc(Cl)c(O)c(Cl)c1. The Labute approximate surface area is 120 Å². The van der Waals surface area contributed by atoms with Crippen molar-refractivity contribution in [2.45, 2.75) is 19.8 Å². The molecule has 104 valence electrons. The first-order valence-electron chi connectivity index (χ1n) is 5.54. The van der Waals surface area contributed by atoms with E-state index in [0.717, 1.165) is 0 Å². The summed E-state index contributed by atoms with van der Waals surface area (Å²) in [4.78, 5) is 14.7. The van der Waals surface area contributed by atoms with E-state index in [-0.39, 0.29) is 34.5 Å². The van der Waals surface area contributed by atoms with E-state index in [4.69, 9.17) is 33.0 Å². The third-order valence-electron chi connectivity index (χ3n) is 2.12. The molecule has 2 N–H and O–H groups in total. The quantitative estimate of drug-likeness (QED) is 0.643. The molecule has 0 atom stereocenters. The second kappa shape index (κ2) is 7.21. The number of phenols is 1. The molecule has 0 unspecified atom stereocenters. The highest BCUT2D eigenvalue weighted by atomic mass is 35.5. The van der Waals surface area contributed by atoms with Crippen LogP contribution >= 0.6 is 23.2 Å². The summed E-state index contributed by atoms with van der Waals surface area (Å²) in [5.74, 6) is -0.873. The van der Waals surface area contributed by atoms with Crippen LogP contribution in [0.3, 0.4) is 0 Å². The van der Waals surface area contributed by atoms with Crippen LogP contribution in [0, 0.1) is 0 Å². The molecule has 0 aliphatic rings. The maximum Gasteiger partial charge on any atom is 0.303 e. The molecule has 0 fully saturated rings. The molecule has 0 aliphatic heterocycles. The number of phenolic OH excluding ortho intramolecular Hbond substituents is 1. The Hall–Kier alpha value is -1.46. The van der Waals surface area contributed by atoms with Crippen molar-refractivity contribution in [2.75, 3.05) is 6.61 Å². The molecule has 0 aliphatic carbocycles. The highest BCUT2D eigenvalue weighted by molar-refractivity contribution is 6.37. The molecule has 1 aromatic rings. The van der Waals surface area contributed by atoms with Gasteiger partial charge in [-0.05, 0) is 19.1 Å². The molecule has 19 heavy (non-hydrogen) atoms. The van der Waals surface area contributed by atoms with Gasteiger partial charge in [-0.3, -0.25) is 4.79 Å². The van der Waals surface area contributed by atoms with Crippen molar-refractivity contribution in [2.24, 2.45) is 4.99 Å². The van der Waals surface area contributed by atoms with E-state index < -0.39 is 5.97 Å². The van der Waals surface area contributed by atoms with Crippen LogP contribution in [-0.4, -0.2) is 28.7 Å². The molecule has 0 saturated carbocycles. The van der Waals surface area contributed by atoms with Gasteiger partial charge < -0.3 is 14.9 Å². The number of halogens is 2. The number of aliphatic imine (C=N–C) groups is 1.